The summed E-state index contributed by atoms with van der Waals surface area (Å²) in [4.78, 5) is 12.3. The topological polar surface area (TPSA) is 108 Å². The van der Waals surface area contributed by atoms with Gasteiger partial charge >= 0.3 is 0 Å². The molecule has 1 amide bonds. The Kier molecular flexibility index (Phi) is 5.38. The molecule has 0 saturated carbocycles. The second kappa shape index (κ2) is 7.58. The van der Waals surface area contributed by atoms with Crippen LogP contribution in [0.15, 0.2) is 41.3 Å². The summed E-state index contributed by atoms with van der Waals surface area (Å²) in [6.07, 6.45) is 0.954. The standard InChI is InChI=1S/C19H22N2O5S/c1-3-25-17-9-14-8-12(2)26-18(14)10-15(17)11-21-19(22)13-4-6-16(7-5-13)27(20,23)24/h4-7,9-10,12H,3,8,11H2,1-2H3,(H,21,22)(H2,20,23,24). The van der Waals surface area contributed by atoms with Crippen molar-refractivity contribution in [3.05, 3.63) is 53.1 Å². The third-order valence-electron chi connectivity index (χ3n) is 4.26. The summed E-state index contributed by atoms with van der Waals surface area (Å²) in [6, 6.07) is 9.32. The molecule has 2 aromatic carbocycles. The van der Waals surface area contributed by atoms with Gasteiger partial charge in [0.1, 0.15) is 17.6 Å². The maximum absolute atomic E-state index is 12.4. The van der Waals surface area contributed by atoms with E-state index in [2.05, 4.69) is 5.32 Å². The van der Waals surface area contributed by atoms with Gasteiger partial charge in [-0.2, -0.15) is 0 Å². The molecule has 0 spiro atoms. The molecule has 3 rings (SSSR count). The summed E-state index contributed by atoms with van der Waals surface area (Å²) >= 11 is 0. The fourth-order valence-corrected chi connectivity index (χ4v) is 3.50. The van der Waals surface area contributed by atoms with E-state index in [-0.39, 0.29) is 23.5 Å². The average molecular weight is 390 g/mol. The molecular formula is C19H22N2O5S. The SMILES string of the molecule is CCOc1cc2c(cc1CNC(=O)c1ccc(S(N)(=O)=O)cc1)OC(C)C2. The highest BCUT2D eigenvalue weighted by Gasteiger charge is 2.22. The van der Waals surface area contributed by atoms with Crippen LogP contribution in [0.5, 0.6) is 11.5 Å². The molecule has 1 atom stereocenters. The summed E-state index contributed by atoms with van der Waals surface area (Å²) in [5.74, 6) is 1.21. The zero-order valence-corrected chi connectivity index (χ0v) is 16.0. The summed E-state index contributed by atoms with van der Waals surface area (Å²) in [5.41, 5.74) is 2.25. The van der Waals surface area contributed by atoms with E-state index < -0.39 is 10.0 Å². The molecule has 144 valence electrons. The number of rotatable bonds is 6. The van der Waals surface area contributed by atoms with Crippen molar-refractivity contribution in [2.45, 2.75) is 37.8 Å². The van der Waals surface area contributed by atoms with E-state index in [1.165, 1.54) is 24.3 Å². The fraction of sp³-hybridized carbons (Fsp3) is 0.316. The van der Waals surface area contributed by atoms with Crippen LogP contribution in [0.1, 0.15) is 35.3 Å². The van der Waals surface area contributed by atoms with Crippen molar-refractivity contribution in [3.63, 3.8) is 0 Å². The lowest BCUT2D eigenvalue weighted by molar-refractivity contribution is 0.0950. The Morgan fingerprint density at radius 1 is 1.30 bits per heavy atom. The van der Waals surface area contributed by atoms with Crippen molar-refractivity contribution in [1.82, 2.24) is 5.32 Å². The van der Waals surface area contributed by atoms with Crippen LogP contribution in [0, 0.1) is 0 Å². The van der Waals surface area contributed by atoms with Gasteiger partial charge in [0.25, 0.3) is 5.91 Å². The quantitative estimate of drug-likeness (QED) is 0.784. The Balaban J connectivity index is 1.74. The van der Waals surface area contributed by atoms with Crippen LogP contribution in [0.4, 0.5) is 0 Å². The molecule has 27 heavy (non-hydrogen) atoms. The number of nitrogens with one attached hydrogen (secondary N) is 1. The van der Waals surface area contributed by atoms with Crippen molar-refractivity contribution in [1.29, 1.82) is 0 Å². The first kappa shape index (κ1) is 19.2. The molecule has 0 saturated heterocycles. The number of hydrogen-bond donors (Lipinski definition) is 2. The minimum Gasteiger partial charge on any atom is -0.494 e. The predicted octanol–water partition coefficient (Wildman–Crippen LogP) is 1.99. The fourth-order valence-electron chi connectivity index (χ4n) is 2.98. The first-order chi connectivity index (χ1) is 12.8. The Labute approximate surface area is 158 Å². The van der Waals surface area contributed by atoms with Crippen LogP contribution in [0.2, 0.25) is 0 Å². The van der Waals surface area contributed by atoms with Crippen LogP contribution >= 0.6 is 0 Å². The number of sulfonamides is 1. The Hall–Kier alpha value is -2.58. The first-order valence-electron chi connectivity index (χ1n) is 8.64. The number of ether oxygens (including phenoxy) is 2. The van der Waals surface area contributed by atoms with Crippen LogP contribution in [0.3, 0.4) is 0 Å². The smallest absolute Gasteiger partial charge is 0.251 e. The van der Waals surface area contributed by atoms with E-state index in [4.69, 9.17) is 14.6 Å². The molecule has 1 unspecified atom stereocenters. The second-order valence-electron chi connectivity index (χ2n) is 6.39. The molecule has 3 N–H and O–H groups in total. The lowest BCUT2D eigenvalue weighted by Crippen LogP contribution is -2.23. The number of amides is 1. The zero-order valence-electron chi connectivity index (χ0n) is 15.2. The van der Waals surface area contributed by atoms with Crippen LogP contribution in [-0.4, -0.2) is 27.0 Å². The molecule has 1 aliphatic heterocycles. The highest BCUT2D eigenvalue weighted by Crippen LogP contribution is 2.35. The van der Waals surface area contributed by atoms with Gasteiger partial charge in [-0.15, -0.1) is 0 Å². The van der Waals surface area contributed by atoms with Crippen molar-refractivity contribution in [3.8, 4) is 11.5 Å². The number of hydrogen-bond acceptors (Lipinski definition) is 5. The normalized spacial score (nSPS) is 15.7. The maximum Gasteiger partial charge on any atom is 0.251 e. The molecule has 0 fully saturated rings. The van der Waals surface area contributed by atoms with Crippen molar-refractivity contribution in [2.24, 2.45) is 5.14 Å². The second-order valence-corrected chi connectivity index (χ2v) is 7.95. The predicted molar refractivity (Wildman–Crippen MR) is 100 cm³/mol. The highest BCUT2D eigenvalue weighted by molar-refractivity contribution is 7.89. The molecule has 7 nitrogen and oxygen atoms in total. The molecule has 2 aromatic rings. The van der Waals surface area contributed by atoms with E-state index in [1.54, 1.807) is 0 Å². The summed E-state index contributed by atoms with van der Waals surface area (Å²) in [5, 5.41) is 7.88. The largest absolute Gasteiger partial charge is 0.494 e. The van der Waals surface area contributed by atoms with E-state index in [1.807, 2.05) is 26.0 Å². The lowest BCUT2D eigenvalue weighted by atomic mass is 10.1. The van der Waals surface area contributed by atoms with Gasteiger partial charge in [-0.1, -0.05) is 0 Å². The summed E-state index contributed by atoms with van der Waals surface area (Å²) < 4.78 is 34.1. The monoisotopic (exact) mass is 390 g/mol. The Morgan fingerprint density at radius 3 is 2.63 bits per heavy atom. The average Bonchev–Trinajstić information content (AvgIpc) is 2.98. The Morgan fingerprint density at radius 2 is 2.00 bits per heavy atom. The molecular weight excluding hydrogens is 368 g/mol. The molecule has 0 aliphatic carbocycles. The molecule has 0 radical (unpaired) electrons. The zero-order chi connectivity index (χ0) is 19.6. The third kappa shape index (κ3) is 4.40. The number of carbonyl (C=O) groups is 1. The highest BCUT2D eigenvalue weighted by atomic mass is 32.2. The van der Waals surface area contributed by atoms with Gasteiger partial charge in [-0.25, -0.2) is 13.6 Å². The summed E-state index contributed by atoms with van der Waals surface area (Å²) in [7, 11) is -3.79. The van der Waals surface area contributed by atoms with Crippen molar-refractivity contribution >= 4 is 15.9 Å². The van der Waals surface area contributed by atoms with Crippen LogP contribution < -0.4 is 19.9 Å². The van der Waals surface area contributed by atoms with E-state index >= 15 is 0 Å². The summed E-state index contributed by atoms with van der Waals surface area (Å²) in [6.45, 7) is 4.69. The molecule has 1 aliphatic rings. The molecule has 0 aromatic heterocycles. The van der Waals surface area contributed by atoms with Crippen molar-refractivity contribution < 1.29 is 22.7 Å². The molecule has 8 heteroatoms. The maximum atomic E-state index is 12.4. The van der Waals surface area contributed by atoms with Crippen molar-refractivity contribution in [2.75, 3.05) is 6.61 Å². The number of nitrogens with two attached hydrogens (primary N) is 1. The minimum atomic E-state index is -3.79. The minimum absolute atomic E-state index is 0.0393. The number of fused-ring (bicyclic) bond motifs is 1. The van der Waals surface area contributed by atoms with E-state index in [0.717, 1.165) is 29.0 Å². The Bertz CT molecular complexity index is 955. The lowest BCUT2D eigenvalue weighted by Gasteiger charge is -2.13. The van der Waals surface area contributed by atoms with Gasteiger partial charge in [0.15, 0.2) is 0 Å². The van der Waals surface area contributed by atoms with Gasteiger partial charge in [0.2, 0.25) is 10.0 Å². The van der Waals surface area contributed by atoms with E-state index in [9.17, 15) is 13.2 Å². The number of benzene rings is 2. The first-order valence-corrected chi connectivity index (χ1v) is 10.2. The van der Waals surface area contributed by atoms with Gasteiger partial charge in [-0.05, 0) is 50.2 Å². The van der Waals surface area contributed by atoms with Gasteiger partial charge in [0.05, 0.1) is 11.5 Å². The van der Waals surface area contributed by atoms with Gasteiger partial charge in [0, 0.05) is 29.7 Å². The van der Waals surface area contributed by atoms with E-state index in [0.29, 0.717) is 12.2 Å². The third-order valence-corrected chi connectivity index (χ3v) is 5.19. The van der Waals surface area contributed by atoms with Gasteiger partial charge in [-0.3, -0.25) is 4.79 Å². The molecule has 0 bridgehead atoms. The molecule has 1 heterocycles. The number of primary sulfonamides is 1. The van der Waals surface area contributed by atoms with Gasteiger partial charge < -0.3 is 14.8 Å². The van der Waals surface area contributed by atoms with Crippen LogP contribution in [0.25, 0.3) is 0 Å². The number of carbonyl (C=O) groups excluding carboxylic acids is 1. The van der Waals surface area contributed by atoms with Crippen LogP contribution in [-0.2, 0) is 23.0 Å².